The average Bonchev–Trinajstić information content (AvgIpc) is 2.15. The molecule has 1 aliphatic carbocycles. The van der Waals surface area contributed by atoms with E-state index in [1.807, 2.05) is 0 Å². The molecule has 0 heterocycles. The Labute approximate surface area is 85.2 Å². The van der Waals surface area contributed by atoms with E-state index >= 15 is 0 Å². The van der Waals surface area contributed by atoms with Crippen molar-refractivity contribution in [2.24, 2.45) is 0 Å². The first-order valence-electron chi connectivity index (χ1n) is 3.93. The van der Waals surface area contributed by atoms with Crippen molar-refractivity contribution in [2.45, 2.75) is 12.6 Å². The summed E-state index contributed by atoms with van der Waals surface area (Å²) in [6.07, 6.45) is -1.25. The molecule has 0 bridgehead atoms. The lowest BCUT2D eigenvalue weighted by molar-refractivity contribution is -0.0928. The number of allylic oxidation sites excluding steroid dienone is 4. The highest BCUT2D eigenvalue weighted by Gasteiger charge is 2.40. The van der Waals surface area contributed by atoms with Crippen LogP contribution in [0.15, 0.2) is 23.0 Å². The number of rotatable bonds is 2. The smallest absolute Gasteiger partial charge is 0.419 e. The first kappa shape index (κ1) is 11.4. The van der Waals surface area contributed by atoms with E-state index < -0.39 is 11.7 Å². The number of hydrogen-bond donors (Lipinski definition) is 0. The lowest BCUT2D eigenvalue weighted by atomic mass is 9.97. The van der Waals surface area contributed by atoms with Crippen LogP contribution in [0, 0.1) is 6.42 Å². The molecule has 0 N–H and O–H groups in total. The Morgan fingerprint density at radius 3 is 2.57 bits per heavy atom. The Morgan fingerprint density at radius 1 is 1.50 bits per heavy atom. The molecule has 0 aromatic rings. The third-order valence-electron chi connectivity index (χ3n) is 1.90. The van der Waals surface area contributed by atoms with Crippen molar-refractivity contribution >= 4 is 11.6 Å². The quantitative estimate of drug-likeness (QED) is 0.656. The molecule has 0 unspecified atom stereocenters. The van der Waals surface area contributed by atoms with Crippen LogP contribution in [0.25, 0.3) is 0 Å². The predicted octanol–water partition coefficient (Wildman–Crippen LogP) is 3.22. The van der Waals surface area contributed by atoms with E-state index in [1.54, 1.807) is 6.42 Å². The van der Waals surface area contributed by atoms with Gasteiger partial charge in [-0.15, -0.1) is 11.6 Å². The van der Waals surface area contributed by atoms with E-state index in [-0.39, 0.29) is 23.6 Å². The molecule has 14 heavy (non-hydrogen) atoms. The maximum atomic E-state index is 12.6. The van der Waals surface area contributed by atoms with E-state index in [0.29, 0.717) is 0 Å². The fourth-order valence-corrected chi connectivity index (χ4v) is 1.53. The molecule has 0 aromatic heterocycles. The van der Waals surface area contributed by atoms with Crippen LogP contribution in [-0.4, -0.2) is 19.2 Å². The van der Waals surface area contributed by atoms with Gasteiger partial charge in [-0.1, -0.05) is 6.08 Å². The van der Waals surface area contributed by atoms with Crippen LogP contribution < -0.4 is 0 Å². The number of methoxy groups -OCH3 is 1. The van der Waals surface area contributed by atoms with Gasteiger partial charge in [0.2, 0.25) is 0 Å². The predicted molar refractivity (Wildman–Crippen MR) is 47.8 cm³/mol. The SMILES string of the molecule is COC1=C(C(F)(F)F)C(CCl)=C[CH]C1. The van der Waals surface area contributed by atoms with Crippen LogP contribution in [0.3, 0.4) is 0 Å². The highest BCUT2D eigenvalue weighted by molar-refractivity contribution is 6.19. The Kier molecular flexibility index (Phi) is 3.48. The molecule has 0 atom stereocenters. The molecule has 0 fully saturated rings. The molecule has 0 saturated heterocycles. The summed E-state index contributed by atoms with van der Waals surface area (Å²) in [6, 6.07) is 0. The third-order valence-corrected chi connectivity index (χ3v) is 2.18. The molecule has 0 spiro atoms. The first-order chi connectivity index (χ1) is 6.50. The van der Waals surface area contributed by atoms with Crippen molar-refractivity contribution in [2.75, 3.05) is 13.0 Å². The van der Waals surface area contributed by atoms with Crippen LogP contribution in [0.1, 0.15) is 6.42 Å². The first-order valence-corrected chi connectivity index (χ1v) is 4.47. The molecule has 0 saturated carbocycles. The normalized spacial score (nSPS) is 18.2. The molecule has 1 aliphatic rings. The zero-order chi connectivity index (χ0) is 10.8. The van der Waals surface area contributed by atoms with Gasteiger partial charge in [0.15, 0.2) is 0 Å². The van der Waals surface area contributed by atoms with Crippen LogP contribution in [0.4, 0.5) is 13.2 Å². The molecule has 1 radical (unpaired) electrons. The topological polar surface area (TPSA) is 9.23 Å². The summed E-state index contributed by atoms with van der Waals surface area (Å²) >= 11 is 5.43. The van der Waals surface area contributed by atoms with Crippen molar-refractivity contribution in [3.05, 3.63) is 29.4 Å². The minimum atomic E-state index is -4.40. The van der Waals surface area contributed by atoms with Gasteiger partial charge in [0, 0.05) is 12.3 Å². The molecular weight excluding hydrogens is 217 g/mol. The second-order valence-electron chi connectivity index (χ2n) is 2.77. The monoisotopic (exact) mass is 225 g/mol. The average molecular weight is 226 g/mol. The van der Waals surface area contributed by atoms with E-state index in [4.69, 9.17) is 16.3 Å². The third kappa shape index (κ3) is 2.23. The van der Waals surface area contributed by atoms with E-state index in [0.717, 1.165) is 0 Å². The Morgan fingerprint density at radius 2 is 2.14 bits per heavy atom. The molecule has 0 aromatic carbocycles. The Bertz CT molecular complexity index is 278. The number of halogens is 4. The van der Waals surface area contributed by atoms with Crippen molar-refractivity contribution in [1.29, 1.82) is 0 Å². The van der Waals surface area contributed by atoms with E-state index in [2.05, 4.69) is 0 Å². The zero-order valence-electron chi connectivity index (χ0n) is 7.49. The fourth-order valence-electron chi connectivity index (χ4n) is 1.31. The second-order valence-corrected chi connectivity index (χ2v) is 3.03. The highest BCUT2D eigenvalue weighted by atomic mass is 35.5. The fraction of sp³-hybridized carbons (Fsp3) is 0.444. The maximum absolute atomic E-state index is 12.6. The van der Waals surface area contributed by atoms with Crippen LogP contribution in [0.2, 0.25) is 0 Å². The van der Waals surface area contributed by atoms with Gasteiger partial charge in [-0.05, 0) is 12.0 Å². The van der Waals surface area contributed by atoms with Gasteiger partial charge in [-0.2, -0.15) is 13.2 Å². The summed E-state index contributed by atoms with van der Waals surface area (Å²) in [5, 5.41) is 0. The molecule has 0 aliphatic heterocycles. The van der Waals surface area contributed by atoms with Gasteiger partial charge in [-0.3, -0.25) is 0 Å². The zero-order valence-corrected chi connectivity index (χ0v) is 8.24. The molecule has 1 rings (SSSR count). The van der Waals surface area contributed by atoms with Crippen LogP contribution in [0.5, 0.6) is 0 Å². The standard InChI is InChI=1S/C9H9ClF3O/c1-14-7-4-2-3-6(5-10)8(7)9(11,12)13/h2-3H,4-5H2,1H3. The van der Waals surface area contributed by atoms with Gasteiger partial charge in [0.05, 0.1) is 12.7 Å². The van der Waals surface area contributed by atoms with Crippen molar-refractivity contribution in [3.63, 3.8) is 0 Å². The summed E-state index contributed by atoms with van der Waals surface area (Å²) in [7, 11) is 1.23. The van der Waals surface area contributed by atoms with Gasteiger partial charge < -0.3 is 4.74 Å². The lowest BCUT2D eigenvalue weighted by Gasteiger charge is -2.21. The molecule has 0 amide bonds. The van der Waals surface area contributed by atoms with Gasteiger partial charge in [0.1, 0.15) is 5.76 Å². The summed E-state index contributed by atoms with van der Waals surface area (Å²) in [5.41, 5.74) is -0.681. The summed E-state index contributed by atoms with van der Waals surface area (Å²) in [6.45, 7) is 0. The molecular formula is C9H9ClF3O. The summed E-state index contributed by atoms with van der Waals surface area (Å²) in [5.74, 6) is -0.242. The number of ether oxygens (including phenoxy) is 1. The number of hydrogen-bond acceptors (Lipinski definition) is 1. The number of alkyl halides is 4. The summed E-state index contributed by atoms with van der Waals surface area (Å²) in [4.78, 5) is 0. The summed E-state index contributed by atoms with van der Waals surface area (Å²) < 4.78 is 42.4. The largest absolute Gasteiger partial charge is 0.500 e. The van der Waals surface area contributed by atoms with Crippen LogP contribution in [-0.2, 0) is 4.74 Å². The van der Waals surface area contributed by atoms with Crippen molar-refractivity contribution in [1.82, 2.24) is 0 Å². The lowest BCUT2D eigenvalue weighted by Crippen LogP contribution is -2.20. The minimum absolute atomic E-state index is 0.0577. The van der Waals surface area contributed by atoms with E-state index in [1.165, 1.54) is 13.2 Å². The molecule has 5 heteroatoms. The van der Waals surface area contributed by atoms with Crippen LogP contribution >= 0.6 is 11.6 Å². The molecule has 79 valence electrons. The molecule has 1 nitrogen and oxygen atoms in total. The highest BCUT2D eigenvalue weighted by Crippen LogP contribution is 2.38. The van der Waals surface area contributed by atoms with Crippen molar-refractivity contribution < 1.29 is 17.9 Å². The Hall–Kier alpha value is -0.640. The second kappa shape index (κ2) is 4.26. The van der Waals surface area contributed by atoms with E-state index in [9.17, 15) is 13.2 Å². The van der Waals surface area contributed by atoms with Crippen molar-refractivity contribution in [3.8, 4) is 0 Å². The Balaban J connectivity index is 3.13. The van der Waals surface area contributed by atoms with Gasteiger partial charge in [-0.25, -0.2) is 0 Å². The van der Waals surface area contributed by atoms with Gasteiger partial charge in [0.25, 0.3) is 0 Å². The maximum Gasteiger partial charge on any atom is 0.419 e. The van der Waals surface area contributed by atoms with Gasteiger partial charge >= 0.3 is 6.18 Å². The minimum Gasteiger partial charge on any atom is -0.500 e.